The molecular formula is C25H28N4O4S. The van der Waals surface area contributed by atoms with E-state index < -0.39 is 18.5 Å². The number of hydrogen-bond acceptors (Lipinski definition) is 7. The van der Waals surface area contributed by atoms with Crippen molar-refractivity contribution in [1.82, 2.24) is 4.57 Å². The number of ether oxygens (including phenoxy) is 2. The number of aryl methyl sites for hydroxylation is 1. The Balaban J connectivity index is 1.66. The minimum absolute atomic E-state index is 0.196. The zero-order chi connectivity index (χ0) is 24.8. The number of fused-ring (bicyclic) bond motifs is 1. The second-order valence-electron chi connectivity index (χ2n) is 8.43. The molecule has 0 saturated carbocycles. The highest BCUT2D eigenvalue weighted by atomic mass is 32.1. The number of esters is 1. The van der Waals surface area contributed by atoms with Gasteiger partial charge in [0.1, 0.15) is 22.7 Å². The summed E-state index contributed by atoms with van der Waals surface area (Å²) in [5.74, 6) is -0.881. The molecule has 1 unspecified atom stereocenters. The van der Waals surface area contributed by atoms with Crippen molar-refractivity contribution in [3.05, 3.63) is 44.6 Å². The van der Waals surface area contributed by atoms with Crippen molar-refractivity contribution in [2.24, 2.45) is 5.92 Å². The number of carbonyl (C=O) groups is 2. The number of nitrogens with one attached hydrogen (secondary N) is 1. The van der Waals surface area contributed by atoms with Crippen LogP contribution in [-0.4, -0.2) is 36.8 Å². The summed E-state index contributed by atoms with van der Waals surface area (Å²) in [7, 11) is 1.63. The molecular weight excluding hydrogens is 452 g/mol. The minimum Gasteiger partial charge on any atom is -0.451 e. The molecule has 0 radical (unpaired) electrons. The Morgan fingerprint density at radius 3 is 2.79 bits per heavy atom. The predicted octanol–water partition coefficient (Wildman–Crippen LogP) is 3.90. The van der Waals surface area contributed by atoms with E-state index in [1.165, 1.54) is 17.4 Å². The van der Waals surface area contributed by atoms with Crippen LogP contribution in [0.3, 0.4) is 0 Å². The molecule has 9 heteroatoms. The number of rotatable bonds is 8. The van der Waals surface area contributed by atoms with Crippen LogP contribution in [-0.2, 0) is 38.4 Å². The lowest BCUT2D eigenvalue weighted by molar-refractivity contribution is -0.142. The first-order chi connectivity index (χ1) is 16.3. The standard InChI is InChI=1S/C25H28N4O4S/c1-15-5-6-20-21(13-27)24(34-22(20)9-15)28-23(30)14-33-25(31)19(12-26)11-18-10-16(2)29(17(18)3)7-8-32-4/h10-11,15H,5-9,14H2,1-4H3,(H,28,30). The van der Waals surface area contributed by atoms with Crippen molar-refractivity contribution in [1.29, 1.82) is 10.5 Å². The summed E-state index contributed by atoms with van der Waals surface area (Å²) in [5, 5.41) is 22.2. The molecule has 34 heavy (non-hydrogen) atoms. The van der Waals surface area contributed by atoms with E-state index in [4.69, 9.17) is 9.47 Å². The highest BCUT2D eigenvalue weighted by Gasteiger charge is 2.25. The molecule has 0 saturated heterocycles. The lowest BCUT2D eigenvalue weighted by atomic mass is 9.89. The van der Waals surface area contributed by atoms with Gasteiger partial charge in [-0.05, 0) is 62.3 Å². The Kier molecular flexibility index (Phi) is 8.27. The molecule has 0 spiro atoms. The van der Waals surface area contributed by atoms with Crippen molar-refractivity contribution in [2.45, 2.75) is 46.6 Å². The van der Waals surface area contributed by atoms with Gasteiger partial charge < -0.3 is 19.4 Å². The molecule has 0 fully saturated rings. The summed E-state index contributed by atoms with van der Waals surface area (Å²) in [6.45, 7) is 6.66. The quantitative estimate of drug-likeness (QED) is 0.348. The SMILES string of the molecule is COCCn1c(C)cc(C=C(C#N)C(=O)OCC(=O)Nc2sc3c(c2C#N)CCC(C)C3)c1C. The number of thiophene rings is 1. The summed E-state index contributed by atoms with van der Waals surface area (Å²) in [6.07, 6.45) is 4.20. The highest BCUT2D eigenvalue weighted by molar-refractivity contribution is 7.16. The topological polar surface area (TPSA) is 117 Å². The second-order valence-corrected chi connectivity index (χ2v) is 9.54. The van der Waals surface area contributed by atoms with E-state index in [-0.39, 0.29) is 5.57 Å². The van der Waals surface area contributed by atoms with Gasteiger partial charge in [-0.2, -0.15) is 10.5 Å². The smallest absolute Gasteiger partial charge is 0.349 e. The Labute approximate surface area is 203 Å². The third-order valence-corrected chi connectivity index (χ3v) is 7.15. The zero-order valence-corrected chi connectivity index (χ0v) is 20.7. The van der Waals surface area contributed by atoms with Gasteiger partial charge in [0.2, 0.25) is 0 Å². The average Bonchev–Trinajstić information content (AvgIpc) is 3.28. The molecule has 1 N–H and O–H groups in total. The molecule has 1 aliphatic rings. The Morgan fingerprint density at radius 1 is 1.35 bits per heavy atom. The Morgan fingerprint density at radius 2 is 2.12 bits per heavy atom. The van der Waals surface area contributed by atoms with Crippen molar-refractivity contribution in [3.63, 3.8) is 0 Å². The molecule has 2 aromatic heterocycles. The molecule has 2 heterocycles. The van der Waals surface area contributed by atoms with Crippen molar-refractivity contribution in [3.8, 4) is 12.1 Å². The molecule has 178 valence electrons. The van der Waals surface area contributed by atoms with Crippen LogP contribution in [0.4, 0.5) is 5.00 Å². The number of hydrogen-bond donors (Lipinski definition) is 1. The first-order valence-corrected chi connectivity index (χ1v) is 11.9. The maximum absolute atomic E-state index is 12.5. The van der Waals surface area contributed by atoms with Crippen LogP contribution in [0.1, 0.15) is 46.3 Å². The second kappa shape index (κ2) is 11.1. The van der Waals surface area contributed by atoms with Gasteiger partial charge in [0.05, 0.1) is 12.2 Å². The summed E-state index contributed by atoms with van der Waals surface area (Å²) in [4.78, 5) is 26.0. The number of carbonyl (C=O) groups excluding carboxylic acids is 2. The molecule has 0 bridgehead atoms. The van der Waals surface area contributed by atoms with Crippen LogP contribution in [0, 0.1) is 42.4 Å². The number of nitrogens with zero attached hydrogens (tertiary/aromatic N) is 3. The number of aromatic nitrogens is 1. The summed E-state index contributed by atoms with van der Waals surface area (Å²) >= 11 is 1.41. The predicted molar refractivity (Wildman–Crippen MR) is 129 cm³/mol. The lowest BCUT2D eigenvalue weighted by Crippen LogP contribution is -2.21. The highest BCUT2D eigenvalue weighted by Crippen LogP contribution is 2.39. The molecule has 3 rings (SSSR count). The van der Waals surface area contributed by atoms with Crippen molar-refractivity contribution >= 4 is 34.3 Å². The van der Waals surface area contributed by atoms with E-state index in [9.17, 15) is 20.1 Å². The zero-order valence-electron chi connectivity index (χ0n) is 19.9. The number of anilines is 1. The molecule has 0 aromatic carbocycles. The number of amides is 1. The van der Waals surface area contributed by atoms with Crippen LogP contribution in [0.2, 0.25) is 0 Å². The van der Waals surface area contributed by atoms with E-state index in [0.29, 0.717) is 29.6 Å². The van der Waals surface area contributed by atoms with Gasteiger partial charge in [-0.15, -0.1) is 11.3 Å². The fraction of sp³-hybridized carbons (Fsp3) is 0.440. The third-order valence-electron chi connectivity index (χ3n) is 5.98. The fourth-order valence-corrected chi connectivity index (χ4v) is 5.50. The maximum atomic E-state index is 12.5. The van der Waals surface area contributed by atoms with Gasteiger partial charge in [0.15, 0.2) is 6.61 Å². The Bertz CT molecular complexity index is 1210. The molecule has 2 aromatic rings. The van der Waals surface area contributed by atoms with Gasteiger partial charge in [-0.25, -0.2) is 4.79 Å². The summed E-state index contributed by atoms with van der Waals surface area (Å²) in [5.41, 5.74) is 3.91. The third kappa shape index (κ3) is 5.56. The molecule has 1 amide bonds. The minimum atomic E-state index is -0.876. The fourth-order valence-electron chi connectivity index (χ4n) is 4.12. The van der Waals surface area contributed by atoms with E-state index in [0.717, 1.165) is 46.7 Å². The van der Waals surface area contributed by atoms with Crippen LogP contribution in [0.5, 0.6) is 0 Å². The normalized spacial score (nSPS) is 15.2. The monoisotopic (exact) mass is 480 g/mol. The van der Waals surface area contributed by atoms with E-state index in [2.05, 4.69) is 18.3 Å². The van der Waals surface area contributed by atoms with Gasteiger partial charge in [-0.1, -0.05) is 6.92 Å². The maximum Gasteiger partial charge on any atom is 0.349 e. The van der Waals surface area contributed by atoms with Crippen LogP contribution in [0.25, 0.3) is 6.08 Å². The van der Waals surface area contributed by atoms with E-state index in [1.54, 1.807) is 7.11 Å². The molecule has 1 aliphatic carbocycles. The van der Waals surface area contributed by atoms with Gasteiger partial charge in [0.25, 0.3) is 5.91 Å². The van der Waals surface area contributed by atoms with E-state index >= 15 is 0 Å². The van der Waals surface area contributed by atoms with E-state index in [1.807, 2.05) is 30.6 Å². The molecule has 0 aliphatic heterocycles. The molecule has 1 atom stereocenters. The van der Waals surface area contributed by atoms with Gasteiger partial charge >= 0.3 is 5.97 Å². The van der Waals surface area contributed by atoms with Crippen LogP contribution < -0.4 is 5.32 Å². The Hall–Kier alpha value is -3.40. The van der Waals surface area contributed by atoms with Gasteiger partial charge in [-0.3, -0.25) is 4.79 Å². The largest absolute Gasteiger partial charge is 0.451 e. The average molecular weight is 481 g/mol. The number of nitriles is 2. The molecule has 8 nitrogen and oxygen atoms in total. The van der Waals surface area contributed by atoms with Gasteiger partial charge in [0, 0.05) is 29.9 Å². The van der Waals surface area contributed by atoms with Crippen LogP contribution in [0.15, 0.2) is 11.6 Å². The first-order valence-electron chi connectivity index (χ1n) is 11.1. The summed E-state index contributed by atoms with van der Waals surface area (Å²) in [6, 6.07) is 5.93. The summed E-state index contributed by atoms with van der Waals surface area (Å²) < 4.78 is 12.3. The van der Waals surface area contributed by atoms with Crippen molar-refractivity contribution in [2.75, 3.05) is 25.6 Å². The lowest BCUT2D eigenvalue weighted by Gasteiger charge is -2.17. The number of methoxy groups -OCH3 is 1. The van der Waals surface area contributed by atoms with Crippen molar-refractivity contribution < 1.29 is 19.1 Å². The first kappa shape index (κ1) is 25.2. The van der Waals surface area contributed by atoms with Crippen LogP contribution >= 0.6 is 11.3 Å².